The Kier molecular flexibility index (Phi) is 3.08. The van der Waals surface area contributed by atoms with Crippen LogP contribution >= 0.6 is 0 Å². The summed E-state index contributed by atoms with van der Waals surface area (Å²) in [6, 6.07) is 5.04. The van der Waals surface area contributed by atoms with Crippen molar-refractivity contribution in [1.82, 2.24) is 4.90 Å². The molecule has 0 spiro atoms. The molecule has 1 aliphatic carbocycles. The van der Waals surface area contributed by atoms with Gasteiger partial charge >= 0.3 is 5.97 Å². The number of hydrogen-bond acceptors (Lipinski definition) is 3. The van der Waals surface area contributed by atoms with Gasteiger partial charge < -0.3 is 5.11 Å². The molecule has 1 aliphatic heterocycles. The fourth-order valence-electron chi connectivity index (χ4n) is 3.41. The quantitative estimate of drug-likeness (QED) is 0.847. The Morgan fingerprint density at radius 3 is 2.33 bits per heavy atom. The molecule has 5 heteroatoms. The largest absolute Gasteiger partial charge is 0.479 e. The molecular weight excluding hydrogens is 270 g/mol. The first-order valence-corrected chi connectivity index (χ1v) is 7.20. The van der Waals surface area contributed by atoms with E-state index in [2.05, 4.69) is 0 Å². The molecule has 110 valence electrons. The zero-order chi connectivity index (χ0) is 15.2. The van der Waals surface area contributed by atoms with Crippen LogP contribution in [-0.4, -0.2) is 33.3 Å². The van der Waals surface area contributed by atoms with E-state index in [-0.39, 0.29) is 0 Å². The van der Waals surface area contributed by atoms with Crippen LogP contribution in [0, 0.1) is 6.92 Å². The fraction of sp³-hybridized carbons (Fsp3) is 0.438. The summed E-state index contributed by atoms with van der Waals surface area (Å²) >= 11 is 0. The number of carbonyl (C=O) groups is 3. The van der Waals surface area contributed by atoms with E-state index in [0.717, 1.165) is 29.7 Å². The van der Waals surface area contributed by atoms with Gasteiger partial charge in [-0.25, -0.2) is 4.79 Å². The number of imide groups is 1. The maximum Gasteiger partial charge on any atom is 0.330 e. The Morgan fingerprint density at radius 2 is 1.71 bits per heavy atom. The highest BCUT2D eigenvalue weighted by molar-refractivity contribution is 6.23. The van der Waals surface area contributed by atoms with E-state index >= 15 is 0 Å². The van der Waals surface area contributed by atoms with Crippen LogP contribution in [0.15, 0.2) is 18.2 Å². The summed E-state index contributed by atoms with van der Waals surface area (Å²) in [7, 11) is 0. The third kappa shape index (κ3) is 1.87. The molecule has 1 N–H and O–H groups in total. The average Bonchev–Trinajstić information content (AvgIpc) is 2.71. The molecule has 1 aromatic rings. The first-order valence-electron chi connectivity index (χ1n) is 7.20. The van der Waals surface area contributed by atoms with Crippen molar-refractivity contribution in [2.75, 3.05) is 0 Å². The van der Waals surface area contributed by atoms with E-state index in [1.54, 1.807) is 18.2 Å². The summed E-state index contributed by atoms with van der Waals surface area (Å²) in [5.41, 5.74) is 0.145. The maximum absolute atomic E-state index is 12.6. The predicted octanol–water partition coefficient (Wildman–Crippen LogP) is 2.38. The summed E-state index contributed by atoms with van der Waals surface area (Å²) in [5, 5.41) is 9.67. The minimum Gasteiger partial charge on any atom is -0.479 e. The number of aliphatic carboxylic acids is 1. The van der Waals surface area contributed by atoms with Gasteiger partial charge in [-0.15, -0.1) is 0 Å². The molecule has 21 heavy (non-hydrogen) atoms. The van der Waals surface area contributed by atoms with Gasteiger partial charge in [0.1, 0.15) is 5.54 Å². The van der Waals surface area contributed by atoms with Crippen molar-refractivity contribution in [2.24, 2.45) is 0 Å². The van der Waals surface area contributed by atoms with Crippen molar-refractivity contribution in [1.29, 1.82) is 0 Å². The molecule has 2 aliphatic rings. The number of nitrogens with zero attached hydrogens (tertiary/aromatic N) is 1. The fourth-order valence-corrected chi connectivity index (χ4v) is 3.41. The number of amides is 2. The lowest BCUT2D eigenvalue weighted by atomic mass is 9.80. The van der Waals surface area contributed by atoms with Crippen molar-refractivity contribution in [3.05, 3.63) is 34.9 Å². The monoisotopic (exact) mass is 287 g/mol. The lowest BCUT2D eigenvalue weighted by Crippen LogP contribution is -2.58. The second kappa shape index (κ2) is 4.69. The summed E-state index contributed by atoms with van der Waals surface area (Å²) < 4.78 is 0. The topological polar surface area (TPSA) is 74.7 Å². The number of fused-ring (bicyclic) bond motifs is 1. The minimum absolute atomic E-state index is 0.316. The Morgan fingerprint density at radius 1 is 1.10 bits per heavy atom. The Bertz CT molecular complexity index is 644. The highest BCUT2D eigenvalue weighted by atomic mass is 16.4. The molecule has 0 bridgehead atoms. The number of rotatable bonds is 2. The van der Waals surface area contributed by atoms with Crippen LogP contribution in [0.3, 0.4) is 0 Å². The second-order valence-corrected chi connectivity index (χ2v) is 5.89. The van der Waals surface area contributed by atoms with Crippen LogP contribution < -0.4 is 0 Å². The summed E-state index contributed by atoms with van der Waals surface area (Å²) in [5.74, 6) is -2.02. The molecule has 0 saturated heterocycles. The van der Waals surface area contributed by atoms with Crippen LogP contribution in [0.1, 0.15) is 58.4 Å². The minimum atomic E-state index is -1.38. The van der Waals surface area contributed by atoms with E-state index in [4.69, 9.17) is 0 Å². The zero-order valence-electron chi connectivity index (χ0n) is 11.9. The van der Waals surface area contributed by atoms with Crippen LogP contribution in [0.25, 0.3) is 0 Å². The molecular formula is C16H17NO4. The van der Waals surface area contributed by atoms with Crippen LogP contribution in [0.5, 0.6) is 0 Å². The zero-order valence-corrected chi connectivity index (χ0v) is 11.9. The summed E-state index contributed by atoms with van der Waals surface area (Å²) in [4.78, 5) is 38.0. The van der Waals surface area contributed by atoms with Crippen molar-refractivity contribution in [3.8, 4) is 0 Å². The summed E-state index contributed by atoms with van der Waals surface area (Å²) in [6.07, 6.45) is 3.06. The predicted molar refractivity (Wildman–Crippen MR) is 75.1 cm³/mol. The second-order valence-electron chi connectivity index (χ2n) is 5.89. The van der Waals surface area contributed by atoms with Crippen molar-refractivity contribution >= 4 is 17.8 Å². The normalized spacial score (nSPS) is 20.5. The number of benzene rings is 1. The molecule has 0 unspecified atom stereocenters. The van der Waals surface area contributed by atoms with E-state index in [9.17, 15) is 19.5 Å². The van der Waals surface area contributed by atoms with Crippen molar-refractivity contribution in [2.45, 2.75) is 44.6 Å². The number of carboxylic acids is 1. The van der Waals surface area contributed by atoms with Gasteiger partial charge in [0.25, 0.3) is 11.8 Å². The van der Waals surface area contributed by atoms with E-state index in [0.29, 0.717) is 24.0 Å². The molecule has 5 nitrogen and oxygen atoms in total. The van der Waals surface area contributed by atoms with Gasteiger partial charge in [-0.3, -0.25) is 14.5 Å². The van der Waals surface area contributed by atoms with Crippen LogP contribution in [0.2, 0.25) is 0 Å². The highest BCUT2D eigenvalue weighted by Crippen LogP contribution is 2.39. The Labute approximate surface area is 122 Å². The number of hydrogen-bond donors (Lipinski definition) is 1. The highest BCUT2D eigenvalue weighted by Gasteiger charge is 2.54. The third-order valence-corrected chi connectivity index (χ3v) is 4.55. The van der Waals surface area contributed by atoms with E-state index < -0.39 is 23.3 Å². The van der Waals surface area contributed by atoms with Crippen LogP contribution in [0.4, 0.5) is 0 Å². The van der Waals surface area contributed by atoms with Gasteiger partial charge in [-0.2, -0.15) is 0 Å². The number of carbonyl (C=O) groups excluding carboxylic acids is 2. The molecule has 0 radical (unpaired) electrons. The van der Waals surface area contributed by atoms with Crippen molar-refractivity contribution < 1.29 is 19.5 Å². The molecule has 1 heterocycles. The van der Waals surface area contributed by atoms with Crippen LogP contribution in [-0.2, 0) is 4.79 Å². The number of carboxylic acid groups (broad SMARTS) is 1. The van der Waals surface area contributed by atoms with Gasteiger partial charge in [0.15, 0.2) is 0 Å². The lowest BCUT2D eigenvalue weighted by molar-refractivity contribution is -0.150. The molecule has 3 rings (SSSR count). The van der Waals surface area contributed by atoms with E-state index in [1.165, 1.54) is 0 Å². The van der Waals surface area contributed by atoms with Crippen molar-refractivity contribution in [3.63, 3.8) is 0 Å². The van der Waals surface area contributed by atoms with Gasteiger partial charge in [0.05, 0.1) is 11.1 Å². The van der Waals surface area contributed by atoms with Gasteiger partial charge in [-0.1, -0.05) is 30.9 Å². The molecule has 0 aromatic heterocycles. The van der Waals surface area contributed by atoms with E-state index in [1.807, 2.05) is 6.92 Å². The molecule has 1 saturated carbocycles. The number of aryl methyl sites for hydroxylation is 1. The average molecular weight is 287 g/mol. The molecule has 1 fully saturated rings. The molecule has 2 amide bonds. The van der Waals surface area contributed by atoms with Gasteiger partial charge in [0, 0.05) is 0 Å². The van der Waals surface area contributed by atoms with Gasteiger partial charge in [0.2, 0.25) is 0 Å². The standard InChI is InChI=1S/C16H17NO4/c1-10-5-6-11-12(9-10)14(19)17(13(11)18)16(15(20)21)7-3-2-4-8-16/h5-6,9H,2-4,7-8H2,1H3,(H,20,21). The first kappa shape index (κ1) is 13.8. The summed E-state index contributed by atoms with van der Waals surface area (Å²) in [6.45, 7) is 1.84. The maximum atomic E-state index is 12.6. The lowest BCUT2D eigenvalue weighted by Gasteiger charge is -2.39. The Hall–Kier alpha value is -2.17. The molecule has 1 aromatic carbocycles. The van der Waals surface area contributed by atoms with Gasteiger partial charge in [-0.05, 0) is 31.9 Å². The molecule has 0 atom stereocenters. The Balaban J connectivity index is 2.09. The third-order valence-electron chi connectivity index (χ3n) is 4.55. The first-order chi connectivity index (χ1) is 9.97. The SMILES string of the molecule is Cc1ccc2c(c1)C(=O)N(C1(C(=O)O)CCCCC1)C2=O. The smallest absolute Gasteiger partial charge is 0.330 e.